The third kappa shape index (κ3) is 3.81. The maximum Gasteiger partial charge on any atom is 0.110 e. The van der Waals surface area contributed by atoms with Crippen molar-refractivity contribution in [3.8, 4) is 0 Å². The van der Waals surface area contributed by atoms with E-state index in [1.165, 1.54) is 38.5 Å². The van der Waals surface area contributed by atoms with E-state index in [2.05, 4.69) is 36.7 Å². The van der Waals surface area contributed by atoms with Crippen molar-refractivity contribution >= 4 is 29.9 Å². The Balaban J connectivity index is 2.22. The van der Waals surface area contributed by atoms with Crippen LogP contribution in [0.4, 0.5) is 0 Å². The largest absolute Gasteiger partial charge is 0.110 e. The summed E-state index contributed by atoms with van der Waals surface area (Å²) in [6.45, 7) is 2.22. The summed E-state index contributed by atoms with van der Waals surface area (Å²) in [6, 6.07) is 0. The van der Waals surface area contributed by atoms with Gasteiger partial charge in [0.25, 0.3) is 0 Å². The van der Waals surface area contributed by atoms with Gasteiger partial charge in [-0.15, -0.1) is 0 Å². The van der Waals surface area contributed by atoms with Crippen LogP contribution in [0.5, 0.6) is 0 Å². The Morgan fingerprint density at radius 3 is 2.09 bits per heavy atom. The summed E-state index contributed by atoms with van der Waals surface area (Å²) < 4.78 is 0.963. The van der Waals surface area contributed by atoms with Crippen molar-refractivity contribution in [1.82, 2.24) is 0 Å². The lowest BCUT2D eigenvalue weighted by Crippen LogP contribution is -2.08. The molecule has 0 nitrogen and oxygen atoms in total. The highest BCUT2D eigenvalue weighted by atomic mass is 127. The number of halogens is 1. The highest BCUT2D eigenvalue weighted by Gasteiger charge is 2.13. The SMILES string of the molecule is C[B]C1CCCC(I)CCC1. The molecular formula is C9H17BI. The molecule has 0 saturated heterocycles. The normalized spacial score (nSPS) is 34.0. The van der Waals surface area contributed by atoms with E-state index in [-0.39, 0.29) is 0 Å². The molecule has 63 valence electrons. The van der Waals surface area contributed by atoms with Gasteiger partial charge in [0.15, 0.2) is 0 Å². The summed E-state index contributed by atoms with van der Waals surface area (Å²) in [4.78, 5) is 0. The molecule has 1 aliphatic carbocycles. The van der Waals surface area contributed by atoms with Crippen LogP contribution in [0.3, 0.4) is 0 Å². The molecule has 0 bridgehead atoms. The van der Waals surface area contributed by atoms with Gasteiger partial charge < -0.3 is 0 Å². The molecule has 2 heteroatoms. The van der Waals surface area contributed by atoms with Crippen LogP contribution in [0, 0.1) is 0 Å². The van der Waals surface area contributed by atoms with Crippen LogP contribution >= 0.6 is 22.6 Å². The Labute approximate surface area is 84.9 Å². The van der Waals surface area contributed by atoms with E-state index in [0.29, 0.717) is 0 Å². The van der Waals surface area contributed by atoms with Crippen LogP contribution in [-0.4, -0.2) is 11.2 Å². The molecule has 0 aliphatic heterocycles. The standard InChI is InChI=1S/C9H17BI/c1-10-8-4-2-6-9(11)7-3-5-8/h8-9H,2-7H2,1H3. The zero-order chi connectivity index (χ0) is 8.10. The van der Waals surface area contributed by atoms with Crippen LogP contribution in [0.1, 0.15) is 38.5 Å². The Kier molecular flexibility index (Phi) is 4.89. The molecule has 0 aromatic rings. The number of hydrogen-bond donors (Lipinski definition) is 0. The zero-order valence-electron chi connectivity index (χ0n) is 7.35. The van der Waals surface area contributed by atoms with Crippen molar-refractivity contribution in [2.45, 2.75) is 55.1 Å². The van der Waals surface area contributed by atoms with Gasteiger partial charge in [0, 0.05) is 3.92 Å². The van der Waals surface area contributed by atoms with Gasteiger partial charge in [-0.3, -0.25) is 0 Å². The van der Waals surface area contributed by atoms with Crippen LogP contribution in [-0.2, 0) is 0 Å². The minimum Gasteiger partial charge on any atom is -0.0917 e. The van der Waals surface area contributed by atoms with Crippen LogP contribution in [0.25, 0.3) is 0 Å². The third-order valence-electron chi connectivity index (χ3n) is 2.66. The van der Waals surface area contributed by atoms with Gasteiger partial charge in [-0.05, 0) is 12.8 Å². The molecule has 1 fully saturated rings. The van der Waals surface area contributed by atoms with Crippen LogP contribution in [0.2, 0.25) is 12.6 Å². The van der Waals surface area contributed by atoms with Gasteiger partial charge in [0.1, 0.15) is 7.28 Å². The maximum absolute atomic E-state index is 2.61. The first-order chi connectivity index (χ1) is 5.33. The smallest absolute Gasteiger partial charge is 0.0917 e. The fraction of sp³-hybridized carbons (Fsp3) is 1.00. The second-order valence-electron chi connectivity index (χ2n) is 3.55. The predicted octanol–water partition coefficient (Wildman–Crippen LogP) is 3.69. The Morgan fingerprint density at radius 1 is 1.09 bits per heavy atom. The molecule has 0 N–H and O–H groups in total. The summed E-state index contributed by atoms with van der Waals surface area (Å²) in [5.41, 5.74) is 0. The molecular weight excluding hydrogens is 246 g/mol. The summed E-state index contributed by atoms with van der Waals surface area (Å²) >= 11 is 2.61. The molecule has 0 atom stereocenters. The average molecular weight is 263 g/mol. The topological polar surface area (TPSA) is 0 Å². The first kappa shape index (κ1) is 9.88. The molecule has 0 heterocycles. The summed E-state index contributed by atoms with van der Waals surface area (Å²) in [5.74, 6) is 0.930. The van der Waals surface area contributed by atoms with Crippen molar-refractivity contribution in [1.29, 1.82) is 0 Å². The van der Waals surface area contributed by atoms with Gasteiger partial charge in [-0.1, -0.05) is 60.9 Å². The number of hydrogen-bond acceptors (Lipinski definition) is 0. The number of rotatable bonds is 1. The lowest BCUT2D eigenvalue weighted by atomic mass is 9.62. The van der Waals surface area contributed by atoms with E-state index in [1.54, 1.807) is 0 Å². The molecule has 0 spiro atoms. The molecule has 11 heavy (non-hydrogen) atoms. The van der Waals surface area contributed by atoms with E-state index in [9.17, 15) is 0 Å². The van der Waals surface area contributed by atoms with Crippen molar-refractivity contribution in [3.63, 3.8) is 0 Å². The monoisotopic (exact) mass is 263 g/mol. The van der Waals surface area contributed by atoms with Crippen molar-refractivity contribution in [3.05, 3.63) is 0 Å². The quantitative estimate of drug-likeness (QED) is 0.384. The predicted molar refractivity (Wildman–Crippen MR) is 60.9 cm³/mol. The Morgan fingerprint density at radius 2 is 1.64 bits per heavy atom. The van der Waals surface area contributed by atoms with E-state index < -0.39 is 0 Å². The van der Waals surface area contributed by atoms with Crippen molar-refractivity contribution in [2.75, 3.05) is 0 Å². The van der Waals surface area contributed by atoms with Gasteiger partial charge in [0.05, 0.1) is 0 Å². The van der Waals surface area contributed by atoms with E-state index in [1.807, 2.05) is 0 Å². The second kappa shape index (κ2) is 5.44. The van der Waals surface area contributed by atoms with Gasteiger partial charge in [-0.25, -0.2) is 0 Å². The second-order valence-corrected chi connectivity index (χ2v) is 5.31. The highest BCUT2D eigenvalue weighted by Crippen LogP contribution is 2.28. The molecule has 1 radical (unpaired) electrons. The van der Waals surface area contributed by atoms with Gasteiger partial charge in [0.2, 0.25) is 0 Å². The average Bonchev–Trinajstić information content (AvgIpc) is 1.96. The molecule has 0 amide bonds. The first-order valence-corrected chi connectivity index (χ1v) is 6.01. The molecule has 1 aliphatic rings. The Hall–Kier alpha value is 0.795. The summed E-state index contributed by atoms with van der Waals surface area (Å²) in [5, 5.41) is 0. The molecule has 0 aromatic heterocycles. The maximum atomic E-state index is 2.61. The minimum atomic E-state index is 0.930. The van der Waals surface area contributed by atoms with Crippen LogP contribution in [0.15, 0.2) is 0 Å². The summed E-state index contributed by atoms with van der Waals surface area (Å²) in [6.07, 6.45) is 8.67. The van der Waals surface area contributed by atoms with Gasteiger partial charge >= 0.3 is 0 Å². The van der Waals surface area contributed by atoms with Crippen molar-refractivity contribution in [2.24, 2.45) is 0 Å². The van der Waals surface area contributed by atoms with Crippen LogP contribution < -0.4 is 0 Å². The number of alkyl halides is 1. The first-order valence-electron chi connectivity index (χ1n) is 4.76. The third-order valence-corrected chi connectivity index (χ3v) is 3.90. The van der Waals surface area contributed by atoms with Crippen molar-refractivity contribution < 1.29 is 0 Å². The zero-order valence-corrected chi connectivity index (χ0v) is 9.51. The minimum absolute atomic E-state index is 0.930. The molecule has 1 saturated carbocycles. The Bertz CT molecular complexity index is 95.7. The molecule has 0 aromatic carbocycles. The molecule has 1 rings (SSSR count). The lowest BCUT2D eigenvalue weighted by molar-refractivity contribution is 0.519. The molecule has 0 unspecified atom stereocenters. The lowest BCUT2D eigenvalue weighted by Gasteiger charge is -2.20. The fourth-order valence-corrected chi connectivity index (χ4v) is 2.71. The van der Waals surface area contributed by atoms with E-state index in [4.69, 9.17) is 0 Å². The fourth-order valence-electron chi connectivity index (χ4n) is 1.83. The highest BCUT2D eigenvalue weighted by molar-refractivity contribution is 14.1. The summed E-state index contributed by atoms with van der Waals surface area (Å²) in [7, 11) is 2.40. The van der Waals surface area contributed by atoms with E-state index in [0.717, 1.165) is 9.74 Å². The van der Waals surface area contributed by atoms with E-state index >= 15 is 0 Å². The van der Waals surface area contributed by atoms with Gasteiger partial charge in [-0.2, -0.15) is 0 Å².